The van der Waals surface area contributed by atoms with Crippen molar-refractivity contribution >= 4 is 32.6 Å². The van der Waals surface area contributed by atoms with Gasteiger partial charge in [0.15, 0.2) is 5.13 Å². The maximum absolute atomic E-state index is 13.3. The first-order valence-electron chi connectivity index (χ1n) is 9.63. The van der Waals surface area contributed by atoms with Gasteiger partial charge in [-0.1, -0.05) is 47.2 Å². The standard InChI is InChI=1S/C24H23N3OS/c1-16-7-9-19(10-8-16)14-23(28)27(15-20-6-4-5-11-25-20)24-26-21-12-17(2)18(3)13-22(21)29-24/h4-13H,14-15H2,1-3H3. The third-order valence-electron chi connectivity index (χ3n) is 5.05. The van der Waals surface area contributed by atoms with Crippen LogP contribution < -0.4 is 4.90 Å². The number of carbonyl (C=O) groups excluding carboxylic acids is 1. The van der Waals surface area contributed by atoms with E-state index in [0.29, 0.717) is 18.1 Å². The van der Waals surface area contributed by atoms with E-state index in [1.54, 1.807) is 22.4 Å². The largest absolute Gasteiger partial charge is 0.282 e. The van der Waals surface area contributed by atoms with E-state index in [2.05, 4.69) is 31.0 Å². The number of hydrogen-bond acceptors (Lipinski definition) is 4. The molecule has 2 aromatic heterocycles. The molecule has 4 aromatic rings. The van der Waals surface area contributed by atoms with Gasteiger partial charge in [-0.25, -0.2) is 4.98 Å². The van der Waals surface area contributed by atoms with Crippen molar-refractivity contribution in [2.75, 3.05) is 4.90 Å². The Morgan fingerprint density at radius 3 is 2.48 bits per heavy atom. The second-order valence-electron chi connectivity index (χ2n) is 7.36. The predicted molar refractivity (Wildman–Crippen MR) is 119 cm³/mol. The Hall–Kier alpha value is -3.05. The Bertz CT molecular complexity index is 1110. The topological polar surface area (TPSA) is 46.1 Å². The molecule has 0 saturated heterocycles. The minimum Gasteiger partial charge on any atom is -0.282 e. The monoisotopic (exact) mass is 401 g/mol. The number of rotatable bonds is 5. The average Bonchev–Trinajstić information content (AvgIpc) is 3.11. The van der Waals surface area contributed by atoms with Crippen LogP contribution in [0, 0.1) is 20.8 Å². The number of hydrogen-bond donors (Lipinski definition) is 0. The molecule has 0 spiro atoms. The molecular weight excluding hydrogens is 378 g/mol. The zero-order valence-corrected chi connectivity index (χ0v) is 17.7. The summed E-state index contributed by atoms with van der Waals surface area (Å²) in [6.07, 6.45) is 2.09. The van der Waals surface area contributed by atoms with E-state index in [9.17, 15) is 4.79 Å². The molecule has 4 nitrogen and oxygen atoms in total. The van der Waals surface area contributed by atoms with Crippen LogP contribution >= 0.6 is 11.3 Å². The third kappa shape index (κ3) is 4.35. The maximum Gasteiger partial charge on any atom is 0.233 e. The van der Waals surface area contributed by atoms with Gasteiger partial charge in [0.25, 0.3) is 0 Å². The van der Waals surface area contributed by atoms with Gasteiger partial charge in [0, 0.05) is 6.20 Å². The first-order chi connectivity index (χ1) is 14.0. The molecule has 5 heteroatoms. The number of fused-ring (bicyclic) bond motifs is 1. The number of carbonyl (C=O) groups is 1. The molecule has 0 atom stereocenters. The van der Waals surface area contributed by atoms with Gasteiger partial charge in [-0.2, -0.15) is 0 Å². The molecule has 0 N–H and O–H groups in total. The molecule has 0 unspecified atom stereocenters. The normalized spacial score (nSPS) is 11.0. The van der Waals surface area contributed by atoms with Crippen molar-refractivity contribution in [2.24, 2.45) is 0 Å². The van der Waals surface area contributed by atoms with Crippen LogP contribution in [0.5, 0.6) is 0 Å². The molecule has 2 aromatic carbocycles. The van der Waals surface area contributed by atoms with E-state index in [1.165, 1.54) is 16.7 Å². The number of nitrogens with zero attached hydrogens (tertiary/aromatic N) is 3. The fourth-order valence-corrected chi connectivity index (χ4v) is 4.24. The van der Waals surface area contributed by atoms with E-state index in [4.69, 9.17) is 4.98 Å². The predicted octanol–water partition coefficient (Wildman–Crippen LogP) is 5.39. The summed E-state index contributed by atoms with van der Waals surface area (Å²) in [5.74, 6) is 0.0204. The Balaban J connectivity index is 1.69. The highest BCUT2D eigenvalue weighted by Gasteiger charge is 2.21. The van der Waals surface area contributed by atoms with Gasteiger partial charge in [0.05, 0.1) is 28.9 Å². The van der Waals surface area contributed by atoms with Gasteiger partial charge >= 0.3 is 0 Å². The minimum atomic E-state index is 0.0204. The number of benzene rings is 2. The van der Waals surface area contributed by atoms with Gasteiger partial charge in [-0.3, -0.25) is 14.7 Å². The molecule has 1 amide bonds. The number of pyridine rings is 1. The molecule has 0 aliphatic heterocycles. The maximum atomic E-state index is 13.3. The molecule has 0 aliphatic carbocycles. The Kier molecular flexibility index (Phi) is 5.41. The lowest BCUT2D eigenvalue weighted by Gasteiger charge is -2.19. The summed E-state index contributed by atoms with van der Waals surface area (Å²) >= 11 is 1.56. The molecule has 2 heterocycles. The summed E-state index contributed by atoms with van der Waals surface area (Å²) < 4.78 is 1.09. The highest BCUT2D eigenvalue weighted by Crippen LogP contribution is 2.32. The molecular formula is C24H23N3OS. The number of anilines is 1. The lowest BCUT2D eigenvalue weighted by atomic mass is 10.1. The Morgan fingerprint density at radius 1 is 1.00 bits per heavy atom. The highest BCUT2D eigenvalue weighted by molar-refractivity contribution is 7.22. The molecule has 0 fully saturated rings. The van der Waals surface area contributed by atoms with Crippen LogP contribution in [0.3, 0.4) is 0 Å². The van der Waals surface area contributed by atoms with Crippen LogP contribution in [0.4, 0.5) is 5.13 Å². The number of thiazole rings is 1. The summed E-state index contributed by atoms with van der Waals surface area (Å²) in [5.41, 5.74) is 6.40. The first kappa shape index (κ1) is 19.3. The summed E-state index contributed by atoms with van der Waals surface area (Å²) in [7, 11) is 0. The van der Waals surface area contributed by atoms with Gasteiger partial charge in [0.1, 0.15) is 0 Å². The van der Waals surface area contributed by atoms with E-state index in [0.717, 1.165) is 21.5 Å². The molecule has 0 saturated carbocycles. The van der Waals surface area contributed by atoms with Crippen molar-refractivity contribution < 1.29 is 4.79 Å². The van der Waals surface area contributed by atoms with E-state index in [1.807, 2.05) is 49.4 Å². The van der Waals surface area contributed by atoms with Gasteiger partial charge < -0.3 is 0 Å². The SMILES string of the molecule is Cc1ccc(CC(=O)N(Cc2ccccn2)c2nc3cc(C)c(C)cc3s2)cc1. The molecule has 0 aliphatic rings. The zero-order valence-electron chi connectivity index (χ0n) is 16.8. The van der Waals surface area contributed by atoms with E-state index >= 15 is 0 Å². The van der Waals surface area contributed by atoms with Crippen molar-refractivity contribution in [1.29, 1.82) is 0 Å². The first-order valence-corrected chi connectivity index (χ1v) is 10.4. The molecule has 146 valence electrons. The van der Waals surface area contributed by atoms with Crippen LogP contribution in [0.25, 0.3) is 10.2 Å². The Morgan fingerprint density at radius 2 is 1.76 bits per heavy atom. The quantitative estimate of drug-likeness (QED) is 0.450. The minimum absolute atomic E-state index is 0.0204. The van der Waals surface area contributed by atoms with Gasteiger partial charge in [0.2, 0.25) is 5.91 Å². The van der Waals surface area contributed by atoms with Crippen molar-refractivity contribution in [3.05, 3.63) is 88.7 Å². The van der Waals surface area contributed by atoms with Crippen LogP contribution in [0.1, 0.15) is 27.9 Å². The Labute approximate surface area is 174 Å². The zero-order chi connectivity index (χ0) is 20.4. The lowest BCUT2D eigenvalue weighted by Crippen LogP contribution is -2.32. The number of amides is 1. The summed E-state index contributed by atoms with van der Waals surface area (Å²) in [5, 5.41) is 0.716. The van der Waals surface area contributed by atoms with E-state index < -0.39 is 0 Å². The smallest absolute Gasteiger partial charge is 0.233 e. The van der Waals surface area contributed by atoms with Gasteiger partial charge in [-0.05, 0) is 61.7 Å². The molecule has 0 radical (unpaired) electrons. The fraction of sp³-hybridized carbons (Fsp3) is 0.208. The van der Waals surface area contributed by atoms with Gasteiger partial charge in [-0.15, -0.1) is 0 Å². The second-order valence-corrected chi connectivity index (χ2v) is 8.37. The molecule has 0 bridgehead atoms. The number of aromatic nitrogens is 2. The van der Waals surface area contributed by atoms with Crippen LogP contribution in [0.15, 0.2) is 60.8 Å². The molecule has 29 heavy (non-hydrogen) atoms. The highest BCUT2D eigenvalue weighted by atomic mass is 32.1. The molecule has 4 rings (SSSR count). The summed E-state index contributed by atoms with van der Waals surface area (Å²) in [6.45, 7) is 6.64. The van der Waals surface area contributed by atoms with Crippen LogP contribution in [-0.2, 0) is 17.8 Å². The lowest BCUT2D eigenvalue weighted by molar-refractivity contribution is -0.118. The average molecular weight is 402 g/mol. The van der Waals surface area contributed by atoms with Crippen molar-refractivity contribution in [1.82, 2.24) is 9.97 Å². The van der Waals surface area contributed by atoms with Crippen molar-refractivity contribution in [3.63, 3.8) is 0 Å². The van der Waals surface area contributed by atoms with Crippen molar-refractivity contribution in [3.8, 4) is 0 Å². The fourth-order valence-electron chi connectivity index (χ4n) is 3.18. The van der Waals surface area contributed by atoms with Crippen LogP contribution in [-0.4, -0.2) is 15.9 Å². The number of aryl methyl sites for hydroxylation is 3. The van der Waals surface area contributed by atoms with Crippen LogP contribution in [0.2, 0.25) is 0 Å². The summed E-state index contributed by atoms with van der Waals surface area (Å²) in [6, 6.07) is 18.1. The van der Waals surface area contributed by atoms with Crippen molar-refractivity contribution in [2.45, 2.75) is 33.7 Å². The third-order valence-corrected chi connectivity index (χ3v) is 6.09. The second kappa shape index (κ2) is 8.13. The summed E-state index contributed by atoms with van der Waals surface area (Å²) in [4.78, 5) is 24.2. The van der Waals surface area contributed by atoms with E-state index in [-0.39, 0.29) is 5.91 Å².